The number of carbonyl (C=O) groups excluding carboxylic acids is 1. The van der Waals surface area contributed by atoms with Crippen molar-refractivity contribution in [3.63, 3.8) is 0 Å². The van der Waals surface area contributed by atoms with Crippen LogP contribution in [0.1, 0.15) is 23.6 Å². The highest BCUT2D eigenvalue weighted by Crippen LogP contribution is 2.32. The molecule has 3 rings (SSSR count). The lowest BCUT2D eigenvalue weighted by atomic mass is 10.1. The van der Waals surface area contributed by atoms with E-state index in [0.29, 0.717) is 17.1 Å². The van der Waals surface area contributed by atoms with Crippen LogP contribution >= 0.6 is 0 Å². The lowest BCUT2D eigenvalue weighted by Gasteiger charge is -2.25. The highest BCUT2D eigenvalue weighted by atomic mass is 32.2. The van der Waals surface area contributed by atoms with Crippen LogP contribution in [0.2, 0.25) is 0 Å². The number of methoxy groups -OCH3 is 2. The average Bonchev–Trinajstić information content (AvgIpc) is 2.81. The Balaban J connectivity index is 2.00. The first-order chi connectivity index (χ1) is 16.2. The van der Waals surface area contributed by atoms with Crippen LogP contribution in [0.5, 0.6) is 11.5 Å². The molecule has 34 heavy (non-hydrogen) atoms. The summed E-state index contributed by atoms with van der Waals surface area (Å²) in [4.78, 5) is 13.0. The average molecular weight is 483 g/mol. The molecule has 0 bridgehead atoms. The second kappa shape index (κ2) is 10.6. The molecule has 0 spiro atoms. The first kappa shape index (κ1) is 25.1. The third-order valence-electron chi connectivity index (χ3n) is 5.37. The molecule has 0 aliphatic carbocycles. The Bertz CT molecular complexity index is 1250. The van der Waals surface area contributed by atoms with Gasteiger partial charge in [-0.25, -0.2) is 8.42 Å². The monoisotopic (exact) mass is 482 g/mol. The summed E-state index contributed by atoms with van der Waals surface area (Å²) in [6, 6.07) is 17.3. The van der Waals surface area contributed by atoms with Gasteiger partial charge in [0.05, 0.1) is 24.8 Å². The number of nitrogens with zero attached hydrogens (tertiary/aromatic N) is 1. The van der Waals surface area contributed by atoms with Crippen molar-refractivity contribution in [3.8, 4) is 11.5 Å². The van der Waals surface area contributed by atoms with Gasteiger partial charge in [0.1, 0.15) is 6.54 Å². The number of hydrogen-bond donors (Lipinski definition) is 1. The molecule has 7 nitrogen and oxygen atoms in total. The summed E-state index contributed by atoms with van der Waals surface area (Å²) in [6.07, 6.45) is 0.887. The van der Waals surface area contributed by atoms with Gasteiger partial charge in [0.25, 0.3) is 10.0 Å². The van der Waals surface area contributed by atoms with Gasteiger partial charge >= 0.3 is 0 Å². The van der Waals surface area contributed by atoms with Gasteiger partial charge in [-0.1, -0.05) is 25.1 Å². The van der Waals surface area contributed by atoms with E-state index >= 15 is 0 Å². The molecule has 0 fully saturated rings. The molecular formula is C26H30N2O5S. The number of rotatable bonds is 9. The highest BCUT2D eigenvalue weighted by molar-refractivity contribution is 7.92. The number of nitrogens with one attached hydrogen (secondary N) is 1. The van der Waals surface area contributed by atoms with E-state index in [9.17, 15) is 13.2 Å². The van der Waals surface area contributed by atoms with Crippen LogP contribution in [0.4, 0.5) is 11.4 Å². The van der Waals surface area contributed by atoms with Crippen LogP contribution in [-0.4, -0.2) is 35.1 Å². The minimum atomic E-state index is -4.11. The largest absolute Gasteiger partial charge is 0.493 e. The molecule has 180 valence electrons. The fraction of sp³-hybridized carbons (Fsp3) is 0.269. The number of ether oxygens (including phenoxy) is 2. The maximum Gasteiger partial charge on any atom is 0.264 e. The zero-order valence-electron chi connectivity index (χ0n) is 20.1. The minimum absolute atomic E-state index is 0.00981. The van der Waals surface area contributed by atoms with E-state index in [2.05, 4.69) is 5.32 Å². The Hall–Kier alpha value is -3.52. The Morgan fingerprint density at radius 2 is 1.50 bits per heavy atom. The van der Waals surface area contributed by atoms with Crippen LogP contribution in [0.3, 0.4) is 0 Å². The number of anilines is 2. The molecule has 0 aromatic heterocycles. The fourth-order valence-electron chi connectivity index (χ4n) is 3.67. The summed E-state index contributed by atoms with van der Waals surface area (Å²) in [5.74, 6) is 0.240. The third kappa shape index (κ3) is 5.69. The lowest BCUT2D eigenvalue weighted by Crippen LogP contribution is -2.38. The molecule has 1 N–H and O–H groups in total. The number of aryl methyl sites for hydroxylation is 3. The Labute approximate surface area is 201 Å². The molecule has 0 atom stereocenters. The molecule has 0 aliphatic rings. The van der Waals surface area contributed by atoms with Crippen molar-refractivity contribution in [2.75, 3.05) is 30.4 Å². The number of amides is 1. The third-order valence-corrected chi connectivity index (χ3v) is 7.14. The van der Waals surface area contributed by atoms with Crippen LogP contribution in [-0.2, 0) is 21.2 Å². The van der Waals surface area contributed by atoms with E-state index in [0.717, 1.165) is 27.4 Å². The minimum Gasteiger partial charge on any atom is -0.493 e. The van der Waals surface area contributed by atoms with E-state index < -0.39 is 22.5 Å². The van der Waals surface area contributed by atoms with Gasteiger partial charge in [-0.15, -0.1) is 0 Å². The summed E-state index contributed by atoms with van der Waals surface area (Å²) in [5.41, 5.74) is 3.93. The summed E-state index contributed by atoms with van der Waals surface area (Å²) in [7, 11) is -1.19. The summed E-state index contributed by atoms with van der Waals surface area (Å²) < 4.78 is 39.1. The van der Waals surface area contributed by atoms with E-state index in [1.807, 2.05) is 39.0 Å². The van der Waals surface area contributed by atoms with Crippen LogP contribution in [0, 0.1) is 13.8 Å². The van der Waals surface area contributed by atoms with Crippen molar-refractivity contribution < 1.29 is 22.7 Å². The maximum absolute atomic E-state index is 13.7. The van der Waals surface area contributed by atoms with Gasteiger partial charge in [-0.3, -0.25) is 9.10 Å². The van der Waals surface area contributed by atoms with Crippen molar-refractivity contribution in [2.24, 2.45) is 0 Å². The van der Waals surface area contributed by atoms with Crippen molar-refractivity contribution >= 4 is 27.3 Å². The summed E-state index contributed by atoms with van der Waals surface area (Å²) in [6.45, 7) is 5.42. The first-order valence-corrected chi connectivity index (χ1v) is 12.3. The molecule has 1 amide bonds. The van der Waals surface area contributed by atoms with Gasteiger partial charge in [0.15, 0.2) is 11.5 Å². The normalized spacial score (nSPS) is 11.1. The number of hydrogen-bond acceptors (Lipinski definition) is 5. The Morgan fingerprint density at radius 3 is 2.06 bits per heavy atom. The molecule has 0 aliphatic heterocycles. The van der Waals surface area contributed by atoms with Crippen molar-refractivity contribution in [1.82, 2.24) is 0 Å². The smallest absolute Gasteiger partial charge is 0.264 e. The molecule has 0 heterocycles. The van der Waals surface area contributed by atoms with Crippen LogP contribution < -0.4 is 19.1 Å². The van der Waals surface area contributed by atoms with Crippen molar-refractivity contribution in [3.05, 3.63) is 77.4 Å². The molecule has 0 saturated heterocycles. The van der Waals surface area contributed by atoms with E-state index in [-0.39, 0.29) is 10.6 Å². The highest BCUT2D eigenvalue weighted by Gasteiger charge is 2.28. The topological polar surface area (TPSA) is 84.9 Å². The zero-order valence-corrected chi connectivity index (χ0v) is 20.9. The molecule has 3 aromatic rings. The molecule has 0 unspecified atom stereocenters. The molecule has 3 aromatic carbocycles. The van der Waals surface area contributed by atoms with Crippen molar-refractivity contribution in [2.45, 2.75) is 32.1 Å². The fourth-order valence-corrected chi connectivity index (χ4v) is 5.09. The second-order valence-corrected chi connectivity index (χ2v) is 9.84. The zero-order chi connectivity index (χ0) is 24.9. The SMILES string of the molecule is CCc1ccc(NC(=O)CN(c2cc(C)cc(C)c2)S(=O)(=O)c2ccc(OC)c(OC)c2)cc1. The predicted molar refractivity (Wildman–Crippen MR) is 134 cm³/mol. The van der Waals surface area contributed by atoms with Crippen LogP contribution in [0.25, 0.3) is 0 Å². The molecule has 0 saturated carbocycles. The molecular weight excluding hydrogens is 452 g/mol. The van der Waals surface area contributed by atoms with Gasteiger partial charge < -0.3 is 14.8 Å². The Kier molecular flexibility index (Phi) is 7.83. The predicted octanol–water partition coefficient (Wildman–Crippen LogP) is 4.72. The lowest BCUT2D eigenvalue weighted by molar-refractivity contribution is -0.114. The van der Waals surface area contributed by atoms with E-state index in [1.165, 1.54) is 32.4 Å². The van der Waals surface area contributed by atoms with Gasteiger partial charge in [-0.2, -0.15) is 0 Å². The quantitative estimate of drug-likeness (QED) is 0.477. The van der Waals surface area contributed by atoms with E-state index in [4.69, 9.17) is 9.47 Å². The maximum atomic E-state index is 13.7. The van der Waals surface area contributed by atoms with Crippen molar-refractivity contribution in [1.29, 1.82) is 0 Å². The van der Waals surface area contributed by atoms with Gasteiger partial charge in [0.2, 0.25) is 5.91 Å². The standard InChI is InChI=1S/C26H30N2O5S/c1-6-20-7-9-21(10-8-20)27-26(29)17-28(22-14-18(2)13-19(3)15-22)34(30,31)23-11-12-24(32-4)25(16-23)33-5/h7-16H,6,17H2,1-5H3,(H,27,29). The molecule has 8 heteroatoms. The van der Waals surface area contributed by atoms with E-state index in [1.54, 1.807) is 24.3 Å². The molecule has 0 radical (unpaired) electrons. The second-order valence-electron chi connectivity index (χ2n) is 7.97. The first-order valence-electron chi connectivity index (χ1n) is 10.9. The number of sulfonamides is 1. The number of carbonyl (C=O) groups is 1. The van der Waals surface area contributed by atoms with Gasteiger partial charge in [0, 0.05) is 11.8 Å². The van der Waals surface area contributed by atoms with Crippen LogP contribution in [0.15, 0.2) is 65.6 Å². The summed E-state index contributed by atoms with van der Waals surface area (Å²) in [5, 5.41) is 2.80. The van der Waals surface area contributed by atoms with Gasteiger partial charge in [-0.05, 0) is 73.4 Å². The Morgan fingerprint density at radius 1 is 0.882 bits per heavy atom. The number of benzene rings is 3. The summed E-state index contributed by atoms with van der Waals surface area (Å²) >= 11 is 0.